The molecule has 0 aliphatic rings. The molecule has 0 fully saturated rings. The van der Waals surface area contributed by atoms with E-state index in [4.69, 9.17) is 10.7 Å². The van der Waals surface area contributed by atoms with E-state index in [0.29, 0.717) is 5.82 Å². The van der Waals surface area contributed by atoms with E-state index in [0.717, 1.165) is 59.1 Å². The zero-order valence-corrected chi connectivity index (χ0v) is 15.5. The number of aromatic nitrogens is 4. The molecule has 0 saturated carbocycles. The van der Waals surface area contributed by atoms with E-state index in [9.17, 15) is 0 Å². The minimum absolute atomic E-state index is 0.508. The standard InChI is InChI=1S/C22H23N5/c1-2-19-26-20-21(17-11-5-6-12-18(17)25-22(20)23)27(19)14-7-3-4-9-16-10-8-13-24-15-16/h4-6,8-13,15H,2-3,7,14H2,1H3,(H2,23,25)/b9-4+. The molecular weight excluding hydrogens is 334 g/mol. The first-order valence-electron chi connectivity index (χ1n) is 9.38. The van der Waals surface area contributed by atoms with Gasteiger partial charge in [-0.2, -0.15) is 0 Å². The van der Waals surface area contributed by atoms with Gasteiger partial charge in [-0.25, -0.2) is 9.97 Å². The second-order valence-corrected chi connectivity index (χ2v) is 6.58. The monoisotopic (exact) mass is 357 g/mol. The van der Waals surface area contributed by atoms with Crippen molar-refractivity contribution in [3.8, 4) is 0 Å². The van der Waals surface area contributed by atoms with Crippen LogP contribution in [0, 0.1) is 0 Å². The number of imidazole rings is 1. The number of nitrogen functional groups attached to an aromatic ring is 1. The van der Waals surface area contributed by atoms with Crippen molar-refractivity contribution in [1.82, 2.24) is 19.5 Å². The summed E-state index contributed by atoms with van der Waals surface area (Å²) in [6.07, 6.45) is 10.9. The summed E-state index contributed by atoms with van der Waals surface area (Å²) >= 11 is 0. The molecule has 1 aromatic carbocycles. The number of hydrogen-bond acceptors (Lipinski definition) is 4. The number of fused-ring (bicyclic) bond motifs is 3. The van der Waals surface area contributed by atoms with E-state index in [-0.39, 0.29) is 0 Å². The summed E-state index contributed by atoms with van der Waals surface area (Å²) < 4.78 is 2.31. The van der Waals surface area contributed by atoms with Gasteiger partial charge >= 0.3 is 0 Å². The number of allylic oxidation sites excluding steroid dienone is 1. The molecule has 0 radical (unpaired) electrons. The van der Waals surface area contributed by atoms with Crippen LogP contribution in [0.25, 0.3) is 28.0 Å². The first kappa shape index (κ1) is 17.2. The van der Waals surface area contributed by atoms with Gasteiger partial charge in [0.1, 0.15) is 11.3 Å². The second-order valence-electron chi connectivity index (χ2n) is 6.58. The summed E-state index contributed by atoms with van der Waals surface area (Å²) in [5.41, 5.74) is 10.2. The summed E-state index contributed by atoms with van der Waals surface area (Å²) in [6.45, 7) is 3.04. The molecule has 27 heavy (non-hydrogen) atoms. The average Bonchev–Trinajstić information content (AvgIpc) is 3.08. The highest BCUT2D eigenvalue weighted by Gasteiger charge is 2.15. The van der Waals surface area contributed by atoms with E-state index < -0.39 is 0 Å². The quantitative estimate of drug-likeness (QED) is 0.511. The average molecular weight is 357 g/mol. The highest BCUT2D eigenvalue weighted by molar-refractivity contribution is 6.06. The Kier molecular flexibility index (Phi) is 4.83. The van der Waals surface area contributed by atoms with E-state index >= 15 is 0 Å². The molecule has 3 heterocycles. The number of nitrogens with zero attached hydrogens (tertiary/aromatic N) is 4. The highest BCUT2D eigenvalue weighted by atomic mass is 15.1. The van der Waals surface area contributed by atoms with Crippen molar-refractivity contribution in [2.24, 2.45) is 0 Å². The summed E-state index contributed by atoms with van der Waals surface area (Å²) in [7, 11) is 0. The van der Waals surface area contributed by atoms with Crippen molar-refractivity contribution in [2.75, 3.05) is 5.73 Å². The minimum Gasteiger partial charge on any atom is -0.382 e. The van der Waals surface area contributed by atoms with Crippen molar-refractivity contribution >= 4 is 33.8 Å². The van der Waals surface area contributed by atoms with Gasteiger partial charge in [0.2, 0.25) is 0 Å². The molecule has 0 saturated heterocycles. The van der Waals surface area contributed by atoms with Crippen LogP contribution in [0.5, 0.6) is 0 Å². The number of aryl methyl sites for hydroxylation is 2. The van der Waals surface area contributed by atoms with Gasteiger partial charge in [-0.15, -0.1) is 0 Å². The van der Waals surface area contributed by atoms with Crippen molar-refractivity contribution in [3.63, 3.8) is 0 Å². The van der Waals surface area contributed by atoms with Crippen molar-refractivity contribution in [2.45, 2.75) is 32.7 Å². The Morgan fingerprint density at radius 3 is 2.81 bits per heavy atom. The summed E-state index contributed by atoms with van der Waals surface area (Å²) in [5.74, 6) is 1.57. The third kappa shape index (κ3) is 3.40. The first-order chi connectivity index (χ1) is 13.3. The van der Waals surface area contributed by atoms with Crippen molar-refractivity contribution in [3.05, 3.63) is 66.3 Å². The molecule has 136 valence electrons. The Bertz CT molecular complexity index is 1100. The van der Waals surface area contributed by atoms with Crippen LogP contribution >= 0.6 is 0 Å². The lowest BCUT2D eigenvalue weighted by Gasteiger charge is -2.09. The minimum atomic E-state index is 0.508. The van der Waals surface area contributed by atoms with Crippen LogP contribution in [0.2, 0.25) is 0 Å². The lowest BCUT2D eigenvalue weighted by molar-refractivity contribution is 0.637. The van der Waals surface area contributed by atoms with Gasteiger partial charge in [-0.1, -0.05) is 43.3 Å². The van der Waals surface area contributed by atoms with Crippen LogP contribution < -0.4 is 5.73 Å². The molecule has 5 nitrogen and oxygen atoms in total. The molecule has 0 atom stereocenters. The van der Waals surface area contributed by atoms with Crippen molar-refractivity contribution in [1.29, 1.82) is 0 Å². The maximum absolute atomic E-state index is 6.20. The third-order valence-corrected chi connectivity index (χ3v) is 4.75. The molecule has 0 amide bonds. The van der Waals surface area contributed by atoms with Gasteiger partial charge in [0.15, 0.2) is 5.82 Å². The Morgan fingerprint density at radius 2 is 2.00 bits per heavy atom. The molecule has 0 aliphatic heterocycles. The fourth-order valence-corrected chi connectivity index (χ4v) is 3.48. The molecule has 0 spiro atoms. The van der Waals surface area contributed by atoms with E-state index in [1.54, 1.807) is 6.20 Å². The SMILES string of the molecule is CCc1nc2c(N)nc3ccccc3c2n1CCC/C=C/c1cccnc1. The van der Waals surface area contributed by atoms with Crippen LogP contribution in [-0.4, -0.2) is 19.5 Å². The van der Waals surface area contributed by atoms with Crippen LogP contribution in [0.1, 0.15) is 31.2 Å². The predicted octanol–water partition coefficient (Wildman–Crippen LogP) is 4.62. The molecule has 4 aromatic rings. The Hall–Kier alpha value is -3.21. The number of para-hydroxylation sites is 1. The fourth-order valence-electron chi connectivity index (χ4n) is 3.48. The second kappa shape index (κ2) is 7.58. The largest absolute Gasteiger partial charge is 0.382 e. The number of rotatable bonds is 6. The van der Waals surface area contributed by atoms with E-state index in [1.165, 1.54) is 0 Å². The molecule has 3 aromatic heterocycles. The van der Waals surface area contributed by atoms with Crippen LogP contribution in [0.4, 0.5) is 5.82 Å². The molecule has 0 unspecified atom stereocenters. The Morgan fingerprint density at radius 1 is 1.11 bits per heavy atom. The topological polar surface area (TPSA) is 69.6 Å². The highest BCUT2D eigenvalue weighted by Crippen LogP contribution is 2.29. The van der Waals surface area contributed by atoms with Crippen LogP contribution in [0.3, 0.4) is 0 Å². The van der Waals surface area contributed by atoms with E-state index in [1.807, 2.05) is 30.5 Å². The molecule has 0 aliphatic carbocycles. The van der Waals surface area contributed by atoms with Gasteiger partial charge in [-0.3, -0.25) is 4.98 Å². The number of pyridine rings is 2. The fraction of sp³-hybridized carbons (Fsp3) is 0.227. The Labute approximate surface area is 158 Å². The number of benzene rings is 1. The molecule has 4 rings (SSSR count). The van der Waals surface area contributed by atoms with E-state index in [2.05, 4.69) is 45.7 Å². The van der Waals surface area contributed by atoms with Gasteiger partial charge < -0.3 is 10.3 Å². The predicted molar refractivity (Wildman–Crippen MR) is 111 cm³/mol. The molecule has 5 heteroatoms. The van der Waals surface area contributed by atoms with Crippen molar-refractivity contribution < 1.29 is 0 Å². The Balaban J connectivity index is 1.61. The molecular formula is C22H23N5. The molecule has 0 bridgehead atoms. The van der Waals surface area contributed by atoms with Gasteiger partial charge in [0.05, 0.1) is 11.0 Å². The number of nitrogens with two attached hydrogens (primary N) is 1. The lowest BCUT2D eigenvalue weighted by Crippen LogP contribution is -2.03. The van der Waals surface area contributed by atoms with Gasteiger partial charge in [-0.05, 0) is 30.5 Å². The normalized spacial score (nSPS) is 11.7. The van der Waals surface area contributed by atoms with Crippen LogP contribution in [0.15, 0.2) is 54.9 Å². The first-order valence-corrected chi connectivity index (χ1v) is 9.38. The zero-order valence-electron chi connectivity index (χ0n) is 15.5. The van der Waals surface area contributed by atoms with Gasteiger partial charge in [0, 0.05) is 30.7 Å². The van der Waals surface area contributed by atoms with Crippen LogP contribution in [-0.2, 0) is 13.0 Å². The third-order valence-electron chi connectivity index (χ3n) is 4.75. The summed E-state index contributed by atoms with van der Waals surface area (Å²) in [6, 6.07) is 12.2. The van der Waals surface area contributed by atoms with Gasteiger partial charge in [0.25, 0.3) is 0 Å². The zero-order chi connectivity index (χ0) is 18.6. The maximum Gasteiger partial charge on any atom is 0.152 e. The number of hydrogen-bond donors (Lipinski definition) is 1. The smallest absolute Gasteiger partial charge is 0.152 e. The summed E-state index contributed by atoms with van der Waals surface area (Å²) in [5, 5.41) is 1.11. The molecule has 2 N–H and O–H groups in total. The number of unbranched alkanes of at least 4 members (excludes halogenated alkanes) is 1. The number of anilines is 1. The summed E-state index contributed by atoms with van der Waals surface area (Å²) in [4.78, 5) is 13.4. The lowest BCUT2D eigenvalue weighted by atomic mass is 10.1. The maximum atomic E-state index is 6.20.